The van der Waals surface area contributed by atoms with Gasteiger partial charge in [0, 0.05) is 59.7 Å². The van der Waals surface area contributed by atoms with E-state index >= 15 is 0 Å². The van der Waals surface area contributed by atoms with Crippen molar-refractivity contribution in [1.29, 1.82) is 0 Å². The Kier molecular flexibility index (Phi) is 11.1. The van der Waals surface area contributed by atoms with Gasteiger partial charge in [0.25, 0.3) is 0 Å². The second-order valence-corrected chi connectivity index (χ2v) is 15.4. The van der Waals surface area contributed by atoms with E-state index in [4.69, 9.17) is 9.40 Å². The van der Waals surface area contributed by atoms with Crippen LogP contribution in [0.15, 0.2) is 89.2 Å². The summed E-state index contributed by atoms with van der Waals surface area (Å²) in [5, 5.41) is 16.8. The SMILES string of the molecule is CC(C)(C)C(=O)/C=C(\O)C(C)(C)C.CC(C)Cc1cccc2c1oc1c(-c3[c-]c4ccc5ccccc5c4c(C(C)C)c3)nccc12.[Ir]. The molecule has 0 spiro atoms. The summed E-state index contributed by atoms with van der Waals surface area (Å²) < 4.78 is 6.57. The molecule has 5 heteroatoms. The third-order valence-corrected chi connectivity index (χ3v) is 8.56. The minimum Gasteiger partial charge on any atom is -0.512 e. The molecule has 0 atom stereocenters. The van der Waals surface area contributed by atoms with Gasteiger partial charge >= 0.3 is 0 Å². The molecule has 6 aromatic rings. The first-order valence-electron chi connectivity index (χ1n) is 16.7. The number of hydrogen-bond acceptors (Lipinski definition) is 4. The summed E-state index contributed by atoms with van der Waals surface area (Å²) in [6.45, 7) is 20.1. The van der Waals surface area contributed by atoms with Crippen molar-refractivity contribution < 1.29 is 34.4 Å². The van der Waals surface area contributed by atoms with Gasteiger partial charge in [0.05, 0.1) is 0 Å². The summed E-state index contributed by atoms with van der Waals surface area (Å²) >= 11 is 0. The summed E-state index contributed by atoms with van der Waals surface area (Å²) in [5.41, 5.74) is 5.49. The Hall–Kier alpha value is -3.79. The van der Waals surface area contributed by atoms with Crippen LogP contribution < -0.4 is 0 Å². The molecule has 253 valence electrons. The number of aliphatic hydroxyl groups is 1. The average molecular weight is 819 g/mol. The van der Waals surface area contributed by atoms with E-state index in [0.717, 1.165) is 45.0 Å². The third kappa shape index (κ3) is 7.74. The van der Waals surface area contributed by atoms with Crippen LogP contribution in [0.2, 0.25) is 0 Å². The molecule has 2 aromatic heterocycles. The van der Waals surface area contributed by atoms with Gasteiger partial charge in [-0.3, -0.25) is 9.78 Å². The topological polar surface area (TPSA) is 63.3 Å². The smallest absolute Gasteiger partial charge is 0.164 e. The van der Waals surface area contributed by atoms with Crippen LogP contribution in [-0.2, 0) is 31.3 Å². The molecule has 0 saturated heterocycles. The quantitative estimate of drug-likeness (QED) is 0.0814. The molecule has 0 unspecified atom stereocenters. The summed E-state index contributed by atoms with van der Waals surface area (Å²) in [6, 6.07) is 27.5. The van der Waals surface area contributed by atoms with E-state index in [-0.39, 0.29) is 37.1 Å². The van der Waals surface area contributed by atoms with Crippen molar-refractivity contribution in [3.8, 4) is 11.3 Å². The number of ketones is 1. The summed E-state index contributed by atoms with van der Waals surface area (Å²) in [5.74, 6) is 1.04. The van der Waals surface area contributed by atoms with E-state index < -0.39 is 5.41 Å². The monoisotopic (exact) mass is 819 g/mol. The summed E-state index contributed by atoms with van der Waals surface area (Å²) in [4.78, 5) is 16.3. The zero-order valence-electron chi connectivity index (χ0n) is 29.9. The number of pyridine rings is 1. The first-order valence-corrected chi connectivity index (χ1v) is 16.7. The number of fused-ring (bicyclic) bond motifs is 6. The number of nitrogens with zero attached hydrogens (tertiary/aromatic N) is 1. The van der Waals surface area contributed by atoms with Crippen LogP contribution in [0.25, 0.3) is 54.7 Å². The molecule has 0 aliphatic carbocycles. The number of rotatable bonds is 5. The number of aliphatic hydroxyl groups excluding tert-OH is 1. The standard InChI is InChI=1S/C32H28NO.C11H20O2.Ir/c1-19(2)16-23-9-7-11-26-27-14-15-33-30(32(27)34-31(23)26)24-17-22-13-12-21-8-5-6-10-25(21)29(22)28(18-24)20(3)4;1-10(2,3)8(12)7-9(13)11(4,5)6;/h5-15,18-20H,16H2,1-4H3;7,12H,1-6H3;/q-1;;/b;8-7-;. The first kappa shape index (κ1) is 37.0. The molecule has 48 heavy (non-hydrogen) atoms. The maximum absolute atomic E-state index is 11.5. The summed E-state index contributed by atoms with van der Waals surface area (Å²) in [7, 11) is 0. The largest absolute Gasteiger partial charge is 0.512 e. The molecule has 0 aliphatic rings. The zero-order chi connectivity index (χ0) is 34.3. The van der Waals surface area contributed by atoms with Crippen molar-refractivity contribution in [2.45, 2.75) is 81.6 Å². The number of furan rings is 1. The predicted octanol–water partition coefficient (Wildman–Crippen LogP) is 12.2. The van der Waals surface area contributed by atoms with Crippen molar-refractivity contribution in [2.75, 3.05) is 0 Å². The number of carbonyl (C=O) groups excluding carboxylic acids is 1. The minimum atomic E-state index is -0.417. The van der Waals surface area contributed by atoms with E-state index in [1.54, 1.807) is 0 Å². The van der Waals surface area contributed by atoms with Crippen molar-refractivity contribution in [3.05, 3.63) is 102 Å². The maximum atomic E-state index is 11.5. The third-order valence-electron chi connectivity index (χ3n) is 8.56. The van der Waals surface area contributed by atoms with Crippen LogP contribution in [0.4, 0.5) is 0 Å². The fraction of sp³-hybridized carbons (Fsp3) is 0.349. The summed E-state index contributed by atoms with van der Waals surface area (Å²) in [6.07, 6.45) is 4.22. The van der Waals surface area contributed by atoms with Crippen LogP contribution in [0.1, 0.15) is 86.3 Å². The van der Waals surface area contributed by atoms with Gasteiger partial charge in [-0.05, 0) is 40.7 Å². The molecule has 0 fully saturated rings. The molecule has 0 bridgehead atoms. The van der Waals surface area contributed by atoms with Gasteiger partial charge in [-0.2, -0.15) is 0 Å². The molecule has 2 heterocycles. The van der Waals surface area contributed by atoms with Gasteiger partial charge < -0.3 is 9.52 Å². The van der Waals surface area contributed by atoms with Gasteiger partial charge in [-0.15, -0.1) is 29.1 Å². The number of carbonyl (C=O) groups is 1. The normalized spacial score (nSPS) is 12.5. The van der Waals surface area contributed by atoms with E-state index in [1.165, 1.54) is 33.4 Å². The van der Waals surface area contributed by atoms with Gasteiger partial charge in [-0.1, -0.05) is 129 Å². The van der Waals surface area contributed by atoms with Gasteiger partial charge in [0.15, 0.2) is 5.78 Å². The van der Waals surface area contributed by atoms with Gasteiger partial charge in [0.1, 0.15) is 16.9 Å². The average Bonchev–Trinajstić information content (AvgIpc) is 3.39. The van der Waals surface area contributed by atoms with Crippen LogP contribution >= 0.6 is 0 Å². The van der Waals surface area contributed by atoms with Crippen molar-refractivity contribution in [1.82, 2.24) is 4.98 Å². The molecule has 4 nitrogen and oxygen atoms in total. The molecular formula is C43H48IrNO3-. The molecule has 4 aromatic carbocycles. The Morgan fingerprint density at radius 3 is 2.17 bits per heavy atom. The molecule has 0 amide bonds. The van der Waals surface area contributed by atoms with Crippen molar-refractivity contribution in [3.63, 3.8) is 0 Å². The van der Waals surface area contributed by atoms with E-state index in [9.17, 15) is 9.90 Å². The second kappa shape index (κ2) is 14.4. The van der Waals surface area contributed by atoms with Crippen LogP contribution in [0, 0.1) is 22.8 Å². The number of aromatic nitrogens is 1. The number of hydrogen-bond donors (Lipinski definition) is 1. The van der Waals surface area contributed by atoms with E-state index in [1.807, 2.05) is 47.7 Å². The Balaban J connectivity index is 0.000000319. The van der Waals surface area contributed by atoms with Gasteiger partial charge in [0.2, 0.25) is 0 Å². The molecular weight excluding hydrogens is 771 g/mol. The van der Waals surface area contributed by atoms with Crippen molar-refractivity contribution in [2.24, 2.45) is 16.7 Å². The van der Waals surface area contributed by atoms with E-state index in [0.29, 0.717) is 11.8 Å². The minimum absolute atomic E-state index is 0. The molecule has 0 aliphatic heterocycles. The Bertz CT molecular complexity index is 2120. The first-order chi connectivity index (χ1) is 22.1. The molecule has 1 N–H and O–H groups in total. The van der Waals surface area contributed by atoms with Crippen LogP contribution in [0.3, 0.4) is 0 Å². The number of para-hydroxylation sites is 1. The molecule has 1 radical (unpaired) electrons. The number of allylic oxidation sites excluding steroid dienone is 2. The molecule has 0 saturated carbocycles. The Morgan fingerprint density at radius 1 is 0.854 bits per heavy atom. The Labute approximate surface area is 299 Å². The zero-order valence-corrected chi connectivity index (χ0v) is 32.3. The fourth-order valence-electron chi connectivity index (χ4n) is 5.81. The van der Waals surface area contributed by atoms with Crippen LogP contribution in [-0.4, -0.2) is 15.9 Å². The second-order valence-electron chi connectivity index (χ2n) is 15.4. The number of benzene rings is 4. The fourth-order valence-corrected chi connectivity index (χ4v) is 5.81. The van der Waals surface area contributed by atoms with Crippen LogP contribution in [0.5, 0.6) is 0 Å². The Morgan fingerprint density at radius 2 is 1.52 bits per heavy atom. The van der Waals surface area contributed by atoms with Crippen molar-refractivity contribution >= 4 is 49.3 Å². The maximum Gasteiger partial charge on any atom is 0.164 e. The molecule has 6 rings (SSSR count). The van der Waals surface area contributed by atoms with E-state index in [2.05, 4.69) is 100 Å². The van der Waals surface area contributed by atoms with Gasteiger partial charge in [-0.25, -0.2) is 0 Å². The predicted molar refractivity (Wildman–Crippen MR) is 198 cm³/mol.